The summed E-state index contributed by atoms with van der Waals surface area (Å²) in [5.74, 6) is -1.50. The summed E-state index contributed by atoms with van der Waals surface area (Å²) in [6, 6.07) is 14.3. The first-order valence-electron chi connectivity index (χ1n) is 12.4. The Labute approximate surface area is 221 Å². The number of carbonyl (C=O) groups excluding carboxylic acids is 2. The molecular weight excluding hydrogens is 507 g/mol. The maximum atomic E-state index is 13.5. The van der Waals surface area contributed by atoms with E-state index in [-0.39, 0.29) is 49.5 Å². The van der Waals surface area contributed by atoms with E-state index in [1.807, 2.05) is 24.3 Å². The van der Waals surface area contributed by atoms with Gasteiger partial charge in [0.2, 0.25) is 0 Å². The molecule has 4 heterocycles. The van der Waals surface area contributed by atoms with Gasteiger partial charge in [0.25, 0.3) is 5.56 Å². The number of esters is 2. The van der Waals surface area contributed by atoms with Gasteiger partial charge in [0.1, 0.15) is 24.8 Å². The monoisotopic (exact) mass is 530 g/mol. The summed E-state index contributed by atoms with van der Waals surface area (Å²) in [6.45, 7) is 1.13. The third-order valence-electron chi connectivity index (χ3n) is 7.26. The first-order chi connectivity index (χ1) is 18.8. The van der Waals surface area contributed by atoms with Gasteiger partial charge in [-0.15, -0.1) is 0 Å². The Hall–Kier alpha value is -4.57. The van der Waals surface area contributed by atoms with Gasteiger partial charge in [-0.3, -0.25) is 4.79 Å². The summed E-state index contributed by atoms with van der Waals surface area (Å²) in [6.07, 6.45) is 0.0426. The van der Waals surface area contributed by atoms with Crippen LogP contribution in [0, 0.1) is 5.82 Å². The molecule has 2 aliphatic heterocycles. The molecule has 4 aromatic rings. The fourth-order valence-corrected chi connectivity index (χ4v) is 5.15. The largest absolute Gasteiger partial charge is 0.482 e. The number of carbonyl (C=O) groups is 2. The number of aliphatic hydroxyl groups is 1. The Bertz CT molecular complexity index is 1710. The molecule has 2 aliphatic rings. The molecule has 0 unspecified atom stereocenters. The molecule has 39 heavy (non-hydrogen) atoms. The minimum Gasteiger partial charge on any atom is -0.482 e. The van der Waals surface area contributed by atoms with E-state index in [2.05, 4.69) is 0 Å². The van der Waals surface area contributed by atoms with Crippen LogP contribution >= 0.6 is 0 Å². The van der Waals surface area contributed by atoms with E-state index in [9.17, 15) is 23.9 Å². The van der Waals surface area contributed by atoms with E-state index in [1.165, 1.54) is 28.8 Å². The van der Waals surface area contributed by atoms with Crippen LogP contribution in [0.25, 0.3) is 22.3 Å². The zero-order valence-electron chi connectivity index (χ0n) is 20.9. The second-order valence-electron chi connectivity index (χ2n) is 9.44. The summed E-state index contributed by atoms with van der Waals surface area (Å²) in [5, 5.41) is 11.9. The van der Waals surface area contributed by atoms with Gasteiger partial charge in [0.05, 0.1) is 29.0 Å². The first kappa shape index (κ1) is 24.7. The number of halogens is 1. The minimum atomic E-state index is -1.93. The lowest BCUT2D eigenvalue weighted by Crippen LogP contribution is -2.44. The number of ether oxygens (including phenoxy) is 3. The van der Waals surface area contributed by atoms with Crippen molar-refractivity contribution < 1.29 is 33.3 Å². The number of cyclic esters (lactones) is 1. The molecule has 198 valence electrons. The smallest absolute Gasteiger partial charge is 0.344 e. The van der Waals surface area contributed by atoms with Gasteiger partial charge in [-0.25, -0.2) is 19.0 Å². The van der Waals surface area contributed by atoms with Gasteiger partial charge in [-0.1, -0.05) is 25.1 Å². The number of rotatable bonds is 6. The Morgan fingerprint density at radius 1 is 1.15 bits per heavy atom. The molecule has 0 amide bonds. The average molecular weight is 531 g/mol. The van der Waals surface area contributed by atoms with Crippen molar-refractivity contribution in [3.05, 3.63) is 93.0 Å². The van der Waals surface area contributed by atoms with Crippen molar-refractivity contribution in [3.63, 3.8) is 0 Å². The molecule has 0 bridgehead atoms. The predicted molar refractivity (Wildman–Crippen MR) is 136 cm³/mol. The van der Waals surface area contributed by atoms with Crippen molar-refractivity contribution in [2.45, 2.75) is 38.7 Å². The van der Waals surface area contributed by atoms with Crippen LogP contribution in [0.5, 0.6) is 5.75 Å². The van der Waals surface area contributed by atoms with Crippen LogP contribution in [0.15, 0.2) is 59.4 Å². The van der Waals surface area contributed by atoms with Crippen LogP contribution in [0.4, 0.5) is 4.39 Å². The maximum Gasteiger partial charge on any atom is 0.344 e. The van der Waals surface area contributed by atoms with E-state index >= 15 is 0 Å². The maximum absolute atomic E-state index is 13.5. The van der Waals surface area contributed by atoms with E-state index in [1.54, 1.807) is 13.0 Å². The fourth-order valence-electron chi connectivity index (χ4n) is 5.15. The summed E-state index contributed by atoms with van der Waals surface area (Å²) in [7, 11) is 0. The Morgan fingerprint density at radius 2 is 1.92 bits per heavy atom. The topological polar surface area (TPSA) is 117 Å². The highest BCUT2D eigenvalue weighted by atomic mass is 19.1. The SMILES string of the molecule is CC[C@@]1(O)C(=O)OCc2c1cc1n(c2=O)Cc2c-1nc1ccccc1c2COC(=O)COc1ccc(F)cc1. The lowest BCUT2D eigenvalue weighted by atomic mass is 9.86. The molecule has 6 rings (SSSR count). The second-order valence-corrected chi connectivity index (χ2v) is 9.44. The van der Waals surface area contributed by atoms with Gasteiger partial charge < -0.3 is 23.9 Å². The van der Waals surface area contributed by atoms with Gasteiger partial charge in [0, 0.05) is 22.1 Å². The lowest BCUT2D eigenvalue weighted by Gasteiger charge is -2.31. The molecule has 2 aromatic carbocycles. The van der Waals surface area contributed by atoms with Crippen LogP contribution in [0.3, 0.4) is 0 Å². The van der Waals surface area contributed by atoms with Crippen molar-refractivity contribution in [3.8, 4) is 17.1 Å². The lowest BCUT2D eigenvalue weighted by molar-refractivity contribution is -0.172. The molecule has 1 atom stereocenters. The summed E-state index contributed by atoms with van der Waals surface area (Å²) >= 11 is 0. The number of nitrogens with zero attached hydrogens (tertiary/aromatic N) is 2. The standard InChI is InChI=1S/C29H23FN2O7/c1-2-29(36)22-11-24-26-19(12-32(24)27(34)21(22)14-39-28(29)35)20(18-5-3-4-6-23(18)31-26)13-38-25(33)15-37-17-9-7-16(30)8-10-17/h3-11,36H,2,12-15H2,1H3/t29-/m0/s1. The molecule has 0 saturated heterocycles. The molecule has 0 saturated carbocycles. The van der Waals surface area contributed by atoms with Gasteiger partial charge in [0.15, 0.2) is 12.2 Å². The number of fused-ring (bicyclic) bond motifs is 5. The number of aromatic nitrogens is 2. The Kier molecular flexibility index (Phi) is 5.91. The normalized spacial score (nSPS) is 17.3. The highest BCUT2D eigenvalue weighted by molar-refractivity contribution is 5.89. The number of hydrogen-bond acceptors (Lipinski definition) is 8. The molecule has 9 nitrogen and oxygen atoms in total. The number of hydrogen-bond donors (Lipinski definition) is 1. The molecule has 0 aliphatic carbocycles. The van der Waals surface area contributed by atoms with Crippen molar-refractivity contribution in [2.75, 3.05) is 6.61 Å². The molecule has 0 fully saturated rings. The number of para-hydroxylation sites is 1. The molecule has 2 aromatic heterocycles. The van der Waals surface area contributed by atoms with E-state index in [4.69, 9.17) is 19.2 Å². The van der Waals surface area contributed by atoms with Gasteiger partial charge in [-0.05, 0) is 42.8 Å². The highest BCUT2D eigenvalue weighted by Crippen LogP contribution is 2.40. The van der Waals surface area contributed by atoms with Crippen LogP contribution in [0.1, 0.15) is 35.6 Å². The van der Waals surface area contributed by atoms with Crippen molar-refractivity contribution >= 4 is 22.8 Å². The number of benzene rings is 2. The zero-order chi connectivity index (χ0) is 27.3. The summed E-state index contributed by atoms with van der Waals surface area (Å²) < 4.78 is 30.7. The quantitative estimate of drug-likeness (QED) is 0.332. The summed E-state index contributed by atoms with van der Waals surface area (Å²) in [4.78, 5) is 43.2. The number of pyridine rings is 2. The van der Waals surface area contributed by atoms with Crippen molar-refractivity contribution in [1.82, 2.24) is 9.55 Å². The van der Waals surface area contributed by atoms with E-state index in [0.717, 1.165) is 5.39 Å². The molecular formula is C29H23FN2O7. The second kappa shape index (κ2) is 9.32. The van der Waals surface area contributed by atoms with Crippen molar-refractivity contribution in [1.29, 1.82) is 0 Å². The minimum absolute atomic E-state index is 0.0426. The van der Waals surface area contributed by atoms with Gasteiger partial charge >= 0.3 is 11.9 Å². The van der Waals surface area contributed by atoms with E-state index < -0.39 is 23.4 Å². The average Bonchev–Trinajstić information content (AvgIpc) is 3.31. The highest BCUT2D eigenvalue weighted by Gasteiger charge is 2.45. The van der Waals surface area contributed by atoms with Crippen LogP contribution < -0.4 is 10.3 Å². The Balaban J connectivity index is 1.36. The van der Waals surface area contributed by atoms with Crippen LogP contribution in [-0.2, 0) is 44.4 Å². The van der Waals surface area contributed by atoms with Crippen LogP contribution in [-0.4, -0.2) is 33.2 Å². The molecule has 0 spiro atoms. The molecule has 0 radical (unpaired) electrons. The third kappa shape index (κ3) is 4.04. The zero-order valence-corrected chi connectivity index (χ0v) is 20.9. The third-order valence-corrected chi connectivity index (χ3v) is 7.26. The van der Waals surface area contributed by atoms with Crippen molar-refractivity contribution in [2.24, 2.45) is 0 Å². The predicted octanol–water partition coefficient (Wildman–Crippen LogP) is 3.34. The molecule has 10 heteroatoms. The van der Waals surface area contributed by atoms with Crippen LogP contribution in [0.2, 0.25) is 0 Å². The summed E-state index contributed by atoms with van der Waals surface area (Å²) in [5.41, 5.74) is 1.15. The van der Waals surface area contributed by atoms with Gasteiger partial charge in [-0.2, -0.15) is 0 Å². The first-order valence-corrected chi connectivity index (χ1v) is 12.4. The molecule has 1 N–H and O–H groups in total. The fraction of sp³-hybridized carbons (Fsp3) is 0.241. The van der Waals surface area contributed by atoms with E-state index in [0.29, 0.717) is 33.8 Å². The Morgan fingerprint density at radius 3 is 2.69 bits per heavy atom.